The molecule has 1 fully saturated rings. The Bertz CT molecular complexity index is 143. The third-order valence-electron chi connectivity index (χ3n) is 1.15. The number of nitrogens with zero attached hydrogens (tertiary/aromatic N) is 1. The lowest BCUT2D eigenvalue weighted by Gasteiger charge is -2.06. The van der Waals surface area contributed by atoms with Gasteiger partial charge in [-0.25, -0.2) is 0 Å². The van der Waals surface area contributed by atoms with E-state index in [4.69, 9.17) is 15.8 Å². The Kier molecular flexibility index (Phi) is 1.94. The smallest absolute Gasteiger partial charge is 0.257 e. The number of rotatable bonds is 0. The molecule has 1 amide bonds. The van der Waals surface area contributed by atoms with E-state index in [0.29, 0.717) is 0 Å². The Morgan fingerprint density at radius 2 is 2.44 bits per heavy atom. The summed E-state index contributed by atoms with van der Waals surface area (Å²) in [6.07, 6.45) is -0.349. The fourth-order valence-electron chi connectivity index (χ4n) is 0.587. The second kappa shape index (κ2) is 2.41. The van der Waals surface area contributed by atoms with Crippen LogP contribution in [0.1, 0.15) is 6.92 Å². The number of hydrogen-bond donors (Lipinski definition) is 0. The van der Waals surface area contributed by atoms with Crippen LogP contribution in [0.25, 0.3) is 0 Å². The van der Waals surface area contributed by atoms with E-state index in [0.717, 1.165) is 0 Å². The van der Waals surface area contributed by atoms with Crippen molar-refractivity contribution in [1.82, 2.24) is 4.67 Å². The molecule has 0 aromatic carbocycles. The normalized spacial score (nSPS) is 35.9. The van der Waals surface area contributed by atoms with Crippen LogP contribution in [0.5, 0.6) is 0 Å². The number of hydrogen-bond acceptors (Lipinski definition) is 2. The first-order valence-corrected chi connectivity index (χ1v) is 4.65. The number of carbonyl (C=O) groups is 1. The fourth-order valence-corrected chi connectivity index (χ4v) is 1.98. The minimum Gasteiger partial charge on any atom is -0.314 e. The van der Waals surface area contributed by atoms with E-state index in [9.17, 15) is 4.79 Å². The highest BCUT2D eigenvalue weighted by molar-refractivity contribution is 7.78. The summed E-state index contributed by atoms with van der Waals surface area (Å²) in [5.41, 5.74) is 0. The zero-order valence-corrected chi connectivity index (χ0v) is 6.82. The summed E-state index contributed by atoms with van der Waals surface area (Å²) in [7, 11) is 0.494. The van der Waals surface area contributed by atoms with Gasteiger partial charge in [0.05, 0.1) is 0 Å². The first-order chi connectivity index (χ1) is 4.13. The molecule has 1 aliphatic heterocycles. The Hall–Kier alpha value is 0.150. The first-order valence-electron chi connectivity index (χ1n) is 2.53. The van der Waals surface area contributed by atoms with Crippen LogP contribution >= 0.6 is 18.9 Å². The maximum atomic E-state index is 10.8. The molecule has 1 heterocycles. The van der Waals surface area contributed by atoms with Crippen molar-refractivity contribution >= 4 is 24.8 Å². The molecule has 0 aliphatic carbocycles. The van der Waals surface area contributed by atoms with E-state index in [-0.39, 0.29) is 12.0 Å². The molecule has 0 bridgehead atoms. The fraction of sp³-hybridized carbons (Fsp3) is 0.750. The van der Waals surface area contributed by atoms with Crippen molar-refractivity contribution in [1.29, 1.82) is 0 Å². The Morgan fingerprint density at radius 1 is 1.89 bits per heavy atom. The van der Waals surface area contributed by atoms with Crippen LogP contribution < -0.4 is 0 Å². The highest BCUT2D eigenvalue weighted by Gasteiger charge is 2.34. The molecule has 3 nitrogen and oxygen atoms in total. The largest absolute Gasteiger partial charge is 0.314 e. The second-order valence-electron chi connectivity index (χ2n) is 1.84. The summed E-state index contributed by atoms with van der Waals surface area (Å²) in [6.45, 7) is 1.70. The minimum atomic E-state index is -1.15. The maximum absolute atomic E-state index is 10.8. The molecule has 0 N–H and O–H groups in total. The van der Waals surface area contributed by atoms with Crippen LogP contribution in [0.4, 0.5) is 0 Å². The maximum Gasteiger partial charge on any atom is 0.257 e. The predicted molar refractivity (Wildman–Crippen MR) is 36.1 cm³/mol. The van der Waals surface area contributed by atoms with E-state index in [1.165, 1.54) is 4.67 Å². The Balaban J connectivity index is 2.65. The van der Waals surface area contributed by atoms with Crippen LogP contribution in [-0.2, 0) is 9.32 Å². The lowest BCUT2D eigenvalue weighted by molar-refractivity contribution is -0.128. The molecule has 0 aromatic heterocycles. The van der Waals surface area contributed by atoms with Gasteiger partial charge in [-0.2, -0.15) is 0 Å². The quantitative estimate of drug-likeness (QED) is 0.510. The Morgan fingerprint density at radius 3 is 2.56 bits per heavy atom. The highest BCUT2D eigenvalue weighted by atomic mass is 35.7. The van der Waals surface area contributed by atoms with Gasteiger partial charge in [-0.3, -0.25) is 9.46 Å². The van der Waals surface area contributed by atoms with Crippen LogP contribution in [-0.4, -0.2) is 23.7 Å². The van der Waals surface area contributed by atoms with Crippen molar-refractivity contribution in [3.05, 3.63) is 0 Å². The van der Waals surface area contributed by atoms with Crippen molar-refractivity contribution in [2.24, 2.45) is 0 Å². The average Bonchev–Trinajstić information content (AvgIpc) is 1.98. The molecule has 0 saturated carbocycles. The van der Waals surface area contributed by atoms with Gasteiger partial charge in [0.25, 0.3) is 5.91 Å². The molecule has 1 saturated heterocycles. The van der Waals surface area contributed by atoms with Gasteiger partial charge in [0.15, 0.2) is 0 Å². The van der Waals surface area contributed by atoms with Gasteiger partial charge < -0.3 is 4.52 Å². The van der Waals surface area contributed by atoms with Gasteiger partial charge in [-0.05, 0) is 18.2 Å². The van der Waals surface area contributed by atoms with Crippen molar-refractivity contribution in [3.63, 3.8) is 0 Å². The SMILES string of the molecule is CC1OP(Cl)N(C)C1=O. The van der Waals surface area contributed by atoms with E-state index in [1.807, 2.05) is 0 Å². The molecular weight excluding hydrogens is 160 g/mol. The molecule has 0 radical (unpaired) electrons. The van der Waals surface area contributed by atoms with E-state index in [2.05, 4.69) is 0 Å². The molecule has 5 heteroatoms. The molecule has 1 rings (SSSR count). The van der Waals surface area contributed by atoms with Crippen molar-refractivity contribution < 1.29 is 9.32 Å². The minimum absolute atomic E-state index is 0.0314. The summed E-state index contributed by atoms with van der Waals surface area (Å²) in [6, 6.07) is 0. The molecular formula is C4H7ClNO2P. The van der Waals surface area contributed by atoms with E-state index < -0.39 is 7.65 Å². The van der Waals surface area contributed by atoms with Gasteiger partial charge in [0.2, 0.25) is 7.65 Å². The highest BCUT2D eigenvalue weighted by Crippen LogP contribution is 2.51. The molecule has 1 aliphatic rings. The topological polar surface area (TPSA) is 29.5 Å². The molecule has 0 aromatic rings. The lowest BCUT2D eigenvalue weighted by atomic mass is 10.4. The summed E-state index contributed by atoms with van der Waals surface area (Å²) in [5.74, 6) is -0.0314. The third-order valence-corrected chi connectivity index (χ3v) is 3.23. The van der Waals surface area contributed by atoms with Crippen molar-refractivity contribution in [2.75, 3.05) is 7.05 Å². The average molecular weight is 168 g/mol. The van der Waals surface area contributed by atoms with Crippen LogP contribution in [0.2, 0.25) is 0 Å². The van der Waals surface area contributed by atoms with Crippen molar-refractivity contribution in [2.45, 2.75) is 13.0 Å². The van der Waals surface area contributed by atoms with Gasteiger partial charge in [-0.15, -0.1) is 0 Å². The van der Waals surface area contributed by atoms with Crippen molar-refractivity contribution in [3.8, 4) is 0 Å². The number of amides is 1. The zero-order valence-electron chi connectivity index (χ0n) is 5.17. The molecule has 9 heavy (non-hydrogen) atoms. The van der Waals surface area contributed by atoms with Crippen LogP contribution in [0.15, 0.2) is 0 Å². The standard InChI is InChI=1S/C4H7ClNO2P/c1-3-4(7)6(2)9(5)8-3/h3H,1-2H3. The molecule has 2 unspecified atom stereocenters. The monoisotopic (exact) mass is 167 g/mol. The van der Waals surface area contributed by atoms with Gasteiger partial charge >= 0.3 is 0 Å². The van der Waals surface area contributed by atoms with E-state index >= 15 is 0 Å². The second-order valence-corrected chi connectivity index (χ2v) is 3.97. The number of likely N-dealkylation sites (N-methyl/N-ethyl adjacent to an activating group) is 1. The van der Waals surface area contributed by atoms with Gasteiger partial charge in [-0.1, -0.05) is 0 Å². The molecule has 2 atom stereocenters. The number of carbonyl (C=O) groups excluding carboxylic acids is 1. The number of halogens is 1. The molecule has 0 spiro atoms. The summed E-state index contributed by atoms with van der Waals surface area (Å²) in [5, 5.41) is 0. The summed E-state index contributed by atoms with van der Waals surface area (Å²) < 4.78 is 6.42. The first kappa shape index (κ1) is 7.26. The summed E-state index contributed by atoms with van der Waals surface area (Å²) >= 11 is 5.60. The zero-order chi connectivity index (χ0) is 7.02. The predicted octanol–water partition coefficient (Wildman–Crippen LogP) is 1.33. The van der Waals surface area contributed by atoms with Gasteiger partial charge in [0.1, 0.15) is 6.10 Å². The van der Waals surface area contributed by atoms with E-state index in [1.54, 1.807) is 14.0 Å². The van der Waals surface area contributed by atoms with Gasteiger partial charge in [0, 0.05) is 7.05 Å². The van der Waals surface area contributed by atoms with Crippen LogP contribution in [0, 0.1) is 0 Å². The van der Waals surface area contributed by atoms with Crippen LogP contribution in [0.3, 0.4) is 0 Å². The third kappa shape index (κ3) is 1.18. The lowest BCUT2D eigenvalue weighted by Crippen LogP contribution is -2.21. The Labute approximate surface area is 59.6 Å². The molecule has 52 valence electrons. The summed E-state index contributed by atoms with van der Waals surface area (Å²) in [4.78, 5) is 10.8.